The summed E-state index contributed by atoms with van der Waals surface area (Å²) in [6.07, 6.45) is 2.11. The molecule has 0 unspecified atom stereocenters. The predicted octanol–water partition coefficient (Wildman–Crippen LogP) is 2.05. The zero-order valence-electron chi connectivity index (χ0n) is 19.7. The maximum Gasteiger partial charge on any atom is 0.243 e. The van der Waals surface area contributed by atoms with Crippen molar-refractivity contribution in [2.24, 2.45) is 0 Å². The van der Waals surface area contributed by atoms with Gasteiger partial charge in [-0.3, -0.25) is 9.59 Å². The molecule has 1 atom stereocenters. The Labute approximate surface area is 196 Å². The van der Waals surface area contributed by atoms with E-state index in [0.717, 1.165) is 28.1 Å². The second-order valence-electron chi connectivity index (χ2n) is 7.89. The maximum atomic E-state index is 13.4. The Morgan fingerprint density at radius 1 is 1.03 bits per heavy atom. The van der Waals surface area contributed by atoms with Gasteiger partial charge in [0.25, 0.3) is 0 Å². The zero-order chi connectivity index (χ0) is 24.4. The first kappa shape index (κ1) is 26.3. The van der Waals surface area contributed by atoms with Crippen LogP contribution in [0.2, 0.25) is 0 Å². The molecule has 2 aromatic carbocycles. The van der Waals surface area contributed by atoms with Crippen LogP contribution in [-0.4, -0.2) is 69.0 Å². The van der Waals surface area contributed by atoms with E-state index >= 15 is 0 Å². The van der Waals surface area contributed by atoms with Crippen molar-refractivity contribution in [1.29, 1.82) is 0 Å². The average molecular weight is 476 g/mol. The van der Waals surface area contributed by atoms with Crippen molar-refractivity contribution in [1.82, 2.24) is 14.5 Å². The minimum absolute atomic E-state index is 0.150. The number of rotatable bonds is 12. The fraction of sp³-hybridized carbons (Fsp3) is 0.417. The highest BCUT2D eigenvalue weighted by molar-refractivity contribution is 7.88. The number of hydrogen-bond acceptors (Lipinski definition) is 5. The van der Waals surface area contributed by atoms with Gasteiger partial charge in [-0.25, -0.2) is 8.42 Å². The topological polar surface area (TPSA) is 96.0 Å². The minimum atomic E-state index is -3.56. The molecule has 2 rings (SSSR count). The molecule has 0 spiro atoms. The van der Waals surface area contributed by atoms with E-state index in [0.29, 0.717) is 18.7 Å². The van der Waals surface area contributed by atoms with E-state index in [1.165, 1.54) is 11.9 Å². The lowest BCUT2D eigenvalue weighted by atomic mass is 10.0. The van der Waals surface area contributed by atoms with Gasteiger partial charge in [-0.05, 0) is 29.7 Å². The third-order valence-electron chi connectivity index (χ3n) is 5.26. The van der Waals surface area contributed by atoms with Crippen molar-refractivity contribution >= 4 is 21.8 Å². The van der Waals surface area contributed by atoms with E-state index in [1.807, 2.05) is 49.4 Å². The Morgan fingerprint density at radius 3 is 2.21 bits per heavy atom. The molecule has 9 heteroatoms. The van der Waals surface area contributed by atoms with Gasteiger partial charge < -0.3 is 15.0 Å². The zero-order valence-corrected chi connectivity index (χ0v) is 20.5. The van der Waals surface area contributed by atoms with Crippen LogP contribution < -0.4 is 10.1 Å². The first-order chi connectivity index (χ1) is 15.7. The third-order valence-corrected chi connectivity index (χ3v) is 6.52. The number of hydrogen-bond donors (Lipinski definition) is 1. The number of nitrogens with zero attached hydrogens (tertiary/aromatic N) is 2. The van der Waals surface area contributed by atoms with E-state index in [9.17, 15) is 18.0 Å². The van der Waals surface area contributed by atoms with E-state index in [1.54, 1.807) is 19.2 Å². The summed E-state index contributed by atoms with van der Waals surface area (Å²) in [6.45, 7) is 2.23. The van der Waals surface area contributed by atoms with Gasteiger partial charge in [-0.15, -0.1) is 0 Å². The molecule has 0 saturated carbocycles. The Bertz CT molecular complexity index is 1010. The number of carbonyl (C=O) groups excluding carboxylic acids is 2. The Hall–Kier alpha value is -2.91. The first-order valence-corrected chi connectivity index (χ1v) is 12.7. The maximum absolute atomic E-state index is 13.4. The van der Waals surface area contributed by atoms with E-state index < -0.39 is 22.0 Å². The third kappa shape index (κ3) is 8.18. The van der Waals surface area contributed by atoms with Crippen LogP contribution in [0.4, 0.5) is 0 Å². The van der Waals surface area contributed by atoms with Crippen molar-refractivity contribution in [2.45, 2.75) is 32.4 Å². The molecule has 8 nitrogen and oxygen atoms in total. The SMILES string of the molecule is CCCNC(=O)[C@@H](Cc1ccccc1)N(Cc1ccc(OC)cc1)C(=O)CN(C)S(C)(=O)=O. The lowest BCUT2D eigenvalue weighted by Crippen LogP contribution is -2.53. The molecule has 0 aliphatic heterocycles. The normalized spacial score (nSPS) is 12.3. The number of nitrogens with one attached hydrogen (secondary N) is 1. The van der Waals surface area contributed by atoms with Crippen molar-refractivity contribution in [3.63, 3.8) is 0 Å². The summed E-state index contributed by atoms with van der Waals surface area (Å²) in [5.74, 6) is -0.0501. The quantitative estimate of drug-likeness (QED) is 0.507. The van der Waals surface area contributed by atoms with Gasteiger partial charge in [-0.1, -0.05) is 49.4 Å². The molecule has 180 valence electrons. The summed E-state index contributed by atoms with van der Waals surface area (Å²) in [6, 6.07) is 15.8. The Kier molecular flexibility index (Phi) is 9.87. The van der Waals surface area contributed by atoms with Gasteiger partial charge in [0, 0.05) is 26.6 Å². The van der Waals surface area contributed by atoms with Crippen LogP contribution in [0, 0.1) is 0 Å². The molecule has 0 fully saturated rings. The standard InChI is InChI=1S/C24H33N3O5S/c1-5-15-25-24(29)22(16-19-9-7-6-8-10-19)27(23(28)18-26(2)33(4,30)31)17-20-11-13-21(32-3)14-12-20/h6-14,22H,5,15-18H2,1-4H3,(H,25,29)/t22-/m1/s1. The van der Waals surface area contributed by atoms with E-state index in [4.69, 9.17) is 4.74 Å². The monoisotopic (exact) mass is 475 g/mol. The first-order valence-electron chi connectivity index (χ1n) is 10.8. The van der Waals surface area contributed by atoms with Crippen LogP contribution in [0.15, 0.2) is 54.6 Å². The molecule has 0 bridgehead atoms. The molecule has 2 amide bonds. The summed E-state index contributed by atoms with van der Waals surface area (Å²) in [5.41, 5.74) is 1.70. The van der Waals surface area contributed by atoms with Crippen LogP contribution >= 0.6 is 0 Å². The molecule has 0 aliphatic carbocycles. The van der Waals surface area contributed by atoms with Crippen molar-refractivity contribution in [2.75, 3.05) is 33.5 Å². The van der Waals surface area contributed by atoms with Crippen LogP contribution in [0.3, 0.4) is 0 Å². The van der Waals surface area contributed by atoms with Crippen molar-refractivity contribution in [3.8, 4) is 5.75 Å². The van der Waals surface area contributed by atoms with Crippen LogP contribution in [0.1, 0.15) is 24.5 Å². The number of benzene rings is 2. The lowest BCUT2D eigenvalue weighted by molar-refractivity contribution is -0.141. The van der Waals surface area contributed by atoms with Gasteiger partial charge in [0.1, 0.15) is 11.8 Å². The Morgan fingerprint density at radius 2 is 1.67 bits per heavy atom. The molecule has 0 saturated heterocycles. The molecule has 0 radical (unpaired) electrons. The second-order valence-corrected chi connectivity index (χ2v) is 9.97. The smallest absolute Gasteiger partial charge is 0.243 e. The van der Waals surface area contributed by atoms with Crippen molar-refractivity contribution in [3.05, 3.63) is 65.7 Å². The van der Waals surface area contributed by atoms with Gasteiger partial charge in [0.15, 0.2) is 0 Å². The highest BCUT2D eigenvalue weighted by Crippen LogP contribution is 2.18. The van der Waals surface area contributed by atoms with Gasteiger partial charge in [0.05, 0.1) is 19.9 Å². The highest BCUT2D eigenvalue weighted by Gasteiger charge is 2.31. The van der Waals surface area contributed by atoms with Gasteiger partial charge >= 0.3 is 0 Å². The Balaban J connectivity index is 2.42. The van der Waals surface area contributed by atoms with Crippen LogP contribution in [0.5, 0.6) is 5.75 Å². The molecule has 1 N–H and O–H groups in total. The minimum Gasteiger partial charge on any atom is -0.497 e. The van der Waals surface area contributed by atoms with Crippen LogP contribution in [-0.2, 0) is 32.6 Å². The second kappa shape index (κ2) is 12.4. The fourth-order valence-corrected chi connectivity index (χ4v) is 3.59. The number of carbonyl (C=O) groups is 2. The van der Waals surface area contributed by atoms with Crippen LogP contribution in [0.25, 0.3) is 0 Å². The van der Waals surface area contributed by atoms with Gasteiger partial charge in [0.2, 0.25) is 21.8 Å². The predicted molar refractivity (Wildman–Crippen MR) is 128 cm³/mol. The summed E-state index contributed by atoms with van der Waals surface area (Å²) in [7, 11) is -0.645. The molecule has 2 aromatic rings. The van der Waals surface area contributed by atoms with E-state index in [-0.39, 0.29) is 19.0 Å². The fourth-order valence-electron chi connectivity index (χ4n) is 3.25. The number of methoxy groups -OCH3 is 1. The molecular formula is C24H33N3O5S. The lowest BCUT2D eigenvalue weighted by Gasteiger charge is -2.32. The number of likely N-dealkylation sites (N-methyl/N-ethyl adjacent to an activating group) is 1. The van der Waals surface area contributed by atoms with E-state index in [2.05, 4.69) is 5.32 Å². The summed E-state index contributed by atoms with van der Waals surface area (Å²) in [4.78, 5) is 28.0. The molecule has 0 aliphatic rings. The number of ether oxygens (including phenoxy) is 1. The molecule has 33 heavy (non-hydrogen) atoms. The number of amides is 2. The summed E-state index contributed by atoms with van der Waals surface area (Å²) < 4.78 is 30.0. The molecule has 0 heterocycles. The number of sulfonamides is 1. The van der Waals surface area contributed by atoms with Crippen molar-refractivity contribution < 1.29 is 22.7 Å². The highest BCUT2D eigenvalue weighted by atomic mass is 32.2. The largest absolute Gasteiger partial charge is 0.497 e. The summed E-state index contributed by atoms with van der Waals surface area (Å²) in [5, 5.41) is 2.89. The molecular weight excluding hydrogens is 442 g/mol. The average Bonchev–Trinajstić information content (AvgIpc) is 2.80. The van der Waals surface area contributed by atoms with Gasteiger partial charge in [-0.2, -0.15) is 4.31 Å². The summed E-state index contributed by atoms with van der Waals surface area (Å²) >= 11 is 0. The molecule has 0 aromatic heterocycles.